The average Bonchev–Trinajstić information content (AvgIpc) is 2.04. The Labute approximate surface area is 76.2 Å². The molecule has 0 atom stereocenters. The molecule has 0 aliphatic heterocycles. The van der Waals surface area contributed by atoms with E-state index in [1.54, 1.807) is 0 Å². The zero-order valence-electron chi connectivity index (χ0n) is 8.40. The summed E-state index contributed by atoms with van der Waals surface area (Å²) < 4.78 is 0. The maximum absolute atomic E-state index is 3.68. The number of hydrogen-bond donors (Lipinski definition) is 1. The predicted molar refractivity (Wildman–Crippen MR) is 53.9 cm³/mol. The Morgan fingerprint density at radius 3 is 2.58 bits per heavy atom. The molecule has 0 radical (unpaired) electrons. The second-order valence-corrected chi connectivity index (χ2v) is 4.12. The van der Waals surface area contributed by atoms with E-state index >= 15 is 0 Å². The lowest BCUT2D eigenvalue weighted by atomic mass is 9.60. The van der Waals surface area contributed by atoms with Crippen molar-refractivity contribution < 1.29 is 0 Å². The van der Waals surface area contributed by atoms with Crippen molar-refractivity contribution in [3.8, 4) is 0 Å². The van der Waals surface area contributed by atoms with Crippen molar-refractivity contribution in [1.29, 1.82) is 0 Å². The van der Waals surface area contributed by atoms with Crippen LogP contribution in [0, 0.1) is 11.3 Å². The van der Waals surface area contributed by atoms with Crippen LogP contribution < -0.4 is 5.32 Å². The number of rotatable bonds is 5. The lowest BCUT2D eigenvalue weighted by Crippen LogP contribution is -2.43. The minimum absolute atomic E-state index is 0.606. The summed E-state index contributed by atoms with van der Waals surface area (Å²) in [5.41, 5.74) is 0.606. The molecule has 0 unspecified atom stereocenters. The Kier molecular flexibility index (Phi) is 3.19. The molecule has 1 nitrogen and oxygen atoms in total. The fraction of sp³-hybridized carbons (Fsp3) is 0.818. The number of nitrogens with one attached hydrogen (secondary N) is 1. The first-order valence-corrected chi connectivity index (χ1v) is 5.10. The van der Waals surface area contributed by atoms with E-state index in [9.17, 15) is 0 Å². The summed E-state index contributed by atoms with van der Waals surface area (Å²) in [5, 5.41) is 3.25. The van der Waals surface area contributed by atoms with Crippen molar-refractivity contribution in [3.63, 3.8) is 0 Å². The van der Waals surface area contributed by atoms with E-state index in [1.165, 1.54) is 25.7 Å². The standard InChI is InChI=1S/C11H21N/c1-4-10-7-11(5-2,8-10)9-12-6-3/h6,10,12H,3-5,7-9H2,1-2H3. The summed E-state index contributed by atoms with van der Waals surface area (Å²) in [7, 11) is 0. The summed E-state index contributed by atoms with van der Waals surface area (Å²) in [6.45, 7) is 9.41. The van der Waals surface area contributed by atoms with Gasteiger partial charge < -0.3 is 5.32 Å². The summed E-state index contributed by atoms with van der Waals surface area (Å²) in [4.78, 5) is 0. The minimum atomic E-state index is 0.606. The molecular formula is C11H21N. The first kappa shape index (κ1) is 9.63. The van der Waals surface area contributed by atoms with Gasteiger partial charge in [0, 0.05) is 6.54 Å². The summed E-state index contributed by atoms with van der Waals surface area (Å²) in [6, 6.07) is 0. The summed E-state index contributed by atoms with van der Waals surface area (Å²) >= 11 is 0. The fourth-order valence-corrected chi connectivity index (χ4v) is 2.30. The molecular weight excluding hydrogens is 146 g/mol. The summed E-state index contributed by atoms with van der Waals surface area (Å²) in [5.74, 6) is 0.997. The predicted octanol–water partition coefficient (Wildman–Crippen LogP) is 2.94. The Bertz CT molecular complexity index is 145. The highest BCUT2D eigenvalue weighted by Crippen LogP contribution is 2.48. The molecule has 0 bridgehead atoms. The monoisotopic (exact) mass is 167 g/mol. The third-order valence-corrected chi connectivity index (χ3v) is 3.39. The molecule has 70 valence electrons. The van der Waals surface area contributed by atoms with Gasteiger partial charge in [-0.05, 0) is 36.8 Å². The molecule has 1 aliphatic rings. The first-order chi connectivity index (χ1) is 5.76. The molecule has 0 spiro atoms. The van der Waals surface area contributed by atoms with Crippen LogP contribution in [0.5, 0.6) is 0 Å². The van der Waals surface area contributed by atoms with Gasteiger partial charge in [-0.15, -0.1) is 0 Å². The van der Waals surface area contributed by atoms with Crippen molar-refractivity contribution in [2.45, 2.75) is 39.5 Å². The van der Waals surface area contributed by atoms with E-state index in [4.69, 9.17) is 0 Å². The molecule has 0 heterocycles. The molecule has 1 saturated carbocycles. The molecule has 0 aromatic heterocycles. The molecule has 0 amide bonds. The van der Waals surface area contributed by atoms with Crippen LogP contribution in [-0.4, -0.2) is 6.54 Å². The molecule has 1 N–H and O–H groups in total. The van der Waals surface area contributed by atoms with Crippen molar-refractivity contribution in [1.82, 2.24) is 5.32 Å². The van der Waals surface area contributed by atoms with Gasteiger partial charge in [0.05, 0.1) is 0 Å². The van der Waals surface area contributed by atoms with Gasteiger partial charge in [0.15, 0.2) is 0 Å². The SMILES string of the molecule is C=CNCC1(CC)CC(CC)C1. The van der Waals surface area contributed by atoms with E-state index in [1.807, 2.05) is 6.20 Å². The second-order valence-electron chi connectivity index (χ2n) is 4.12. The van der Waals surface area contributed by atoms with Crippen LogP contribution >= 0.6 is 0 Å². The smallest absolute Gasteiger partial charge is 0.0197 e. The van der Waals surface area contributed by atoms with Crippen LogP contribution in [0.4, 0.5) is 0 Å². The van der Waals surface area contributed by atoms with Gasteiger partial charge >= 0.3 is 0 Å². The van der Waals surface area contributed by atoms with Crippen LogP contribution in [0.2, 0.25) is 0 Å². The normalized spacial score (nSPS) is 34.0. The highest BCUT2D eigenvalue weighted by Gasteiger charge is 2.40. The van der Waals surface area contributed by atoms with Gasteiger partial charge in [0.25, 0.3) is 0 Å². The van der Waals surface area contributed by atoms with Gasteiger partial charge in [-0.3, -0.25) is 0 Å². The largest absolute Gasteiger partial charge is 0.391 e. The van der Waals surface area contributed by atoms with Crippen molar-refractivity contribution in [2.24, 2.45) is 11.3 Å². The van der Waals surface area contributed by atoms with Gasteiger partial charge in [-0.2, -0.15) is 0 Å². The van der Waals surface area contributed by atoms with E-state index < -0.39 is 0 Å². The molecule has 0 saturated heterocycles. The van der Waals surface area contributed by atoms with Crippen molar-refractivity contribution in [2.75, 3.05) is 6.54 Å². The highest BCUT2D eigenvalue weighted by molar-refractivity contribution is 4.94. The first-order valence-electron chi connectivity index (χ1n) is 5.10. The van der Waals surface area contributed by atoms with Crippen LogP contribution in [0.1, 0.15) is 39.5 Å². The third kappa shape index (κ3) is 1.82. The lowest BCUT2D eigenvalue weighted by Gasteiger charge is -2.47. The van der Waals surface area contributed by atoms with Crippen LogP contribution in [-0.2, 0) is 0 Å². The maximum Gasteiger partial charge on any atom is 0.0197 e. The molecule has 1 aliphatic carbocycles. The van der Waals surface area contributed by atoms with E-state index in [-0.39, 0.29) is 0 Å². The zero-order valence-corrected chi connectivity index (χ0v) is 8.40. The quantitative estimate of drug-likeness (QED) is 0.664. The van der Waals surface area contributed by atoms with E-state index in [0.717, 1.165) is 12.5 Å². The second kappa shape index (κ2) is 3.97. The molecule has 0 aromatic rings. The van der Waals surface area contributed by atoms with Gasteiger partial charge in [-0.1, -0.05) is 26.8 Å². The maximum atomic E-state index is 3.68. The zero-order chi connectivity index (χ0) is 9.03. The van der Waals surface area contributed by atoms with Crippen LogP contribution in [0.3, 0.4) is 0 Å². The summed E-state index contributed by atoms with van der Waals surface area (Å²) in [6.07, 6.45) is 7.32. The van der Waals surface area contributed by atoms with Crippen LogP contribution in [0.25, 0.3) is 0 Å². The third-order valence-electron chi connectivity index (χ3n) is 3.39. The van der Waals surface area contributed by atoms with E-state index in [2.05, 4.69) is 25.7 Å². The Balaban J connectivity index is 2.30. The van der Waals surface area contributed by atoms with Crippen LogP contribution in [0.15, 0.2) is 12.8 Å². The highest BCUT2D eigenvalue weighted by atomic mass is 14.9. The topological polar surface area (TPSA) is 12.0 Å². The van der Waals surface area contributed by atoms with E-state index in [0.29, 0.717) is 5.41 Å². The van der Waals surface area contributed by atoms with Crippen molar-refractivity contribution in [3.05, 3.63) is 12.8 Å². The Hall–Kier alpha value is -0.460. The molecule has 1 rings (SSSR count). The van der Waals surface area contributed by atoms with Gasteiger partial charge in [0.2, 0.25) is 0 Å². The number of hydrogen-bond acceptors (Lipinski definition) is 1. The molecule has 1 heteroatoms. The van der Waals surface area contributed by atoms with Crippen molar-refractivity contribution >= 4 is 0 Å². The molecule has 12 heavy (non-hydrogen) atoms. The Morgan fingerprint density at radius 2 is 2.17 bits per heavy atom. The molecule has 0 aromatic carbocycles. The lowest BCUT2D eigenvalue weighted by molar-refractivity contribution is 0.0510. The molecule has 1 fully saturated rings. The minimum Gasteiger partial charge on any atom is -0.391 e. The fourth-order valence-electron chi connectivity index (χ4n) is 2.30. The van der Waals surface area contributed by atoms with Gasteiger partial charge in [-0.25, -0.2) is 0 Å². The Morgan fingerprint density at radius 1 is 1.50 bits per heavy atom. The van der Waals surface area contributed by atoms with Gasteiger partial charge in [0.1, 0.15) is 0 Å². The average molecular weight is 167 g/mol.